The van der Waals surface area contributed by atoms with Crippen molar-refractivity contribution in [3.05, 3.63) is 70.8 Å². The second-order valence-corrected chi connectivity index (χ2v) is 11.2. The van der Waals surface area contributed by atoms with E-state index >= 15 is 0 Å². The minimum Gasteiger partial charge on any atom is -0.392 e. The van der Waals surface area contributed by atoms with E-state index in [1.807, 2.05) is 55.5 Å². The first-order valence-corrected chi connectivity index (χ1v) is 16.4. The molecule has 12 heteroatoms. The van der Waals surface area contributed by atoms with E-state index in [2.05, 4.69) is 15.5 Å². The molecule has 2 amide bonds. The fourth-order valence-electron chi connectivity index (χ4n) is 5.18. The van der Waals surface area contributed by atoms with E-state index in [0.717, 1.165) is 35.3 Å². The molecule has 2 aromatic rings. The molecule has 0 saturated carbocycles. The maximum absolute atomic E-state index is 11.8. The van der Waals surface area contributed by atoms with Gasteiger partial charge < -0.3 is 48.9 Å². The quantitative estimate of drug-likeness (QED) is 0.394. The van der Waals surface area contributed by atoms with Gasteiger partial charge >= 0.3 is 6.03 Å². The Morgan fingerprint density at radius 1 is 0.717 bits per heavy atom. The molecule has 0 aliphatic carbocycles. The molecule has 4 rings (SSSR count). The zero-order chi connectivity index (χ0) is 32.2. The van der Waals surface area contributed by atoms with Gasteiger partial charge in [0.2, 0.25) is 0 Å². The van der Waals surface area contributed by atoms with Gasteiger partial charge in [-0.2, -0.15) is 0 Å². The molecule has 46 heavy (non-hydrogen) atoms. The minimum absolute atomic E-state index is 0.00670. The number of amides is 2. The van der Waals surface area contributed by atoms with E-state index in [9.17, 15) is 9.90 Å². The van der Waals surface area contributed by atoms with Crippen LogP contribution in [0.4, 0.5) is 4.79 Å². The number of carbonyl (C=O) groups is 1. The maximum atomic E-state index is 11.8. The second kappa shape index (κ2) is 21.3. The second-order valence-electron chi connectivity index (χ2n) is 11.2. The average molecular weight is 646 g/mol. The Kier molecular flexibility index (Phi) is 16.7. The molecule has 3 atom stereocenters. The molecule has 2 saturated heterocycles. The normalized spacial score (nSPS) is 23.6. The number of carbonyl (C=O) groups excluding carboxylic acids is 1. The third kappa shape index (κ3) is 13.2. The Bertz CT molecular complexity index is 1090. The fourth-order valence-corrected chi connectivity index (χ4v) is 5.18. The number of hydrogen-bond donors (Lipinski definition) is 3. The van der Waals surface area contributed by atoms with Crippen LogP contribution >= 0.6 is 0 Å². The van der Waals surface area contributed by atoms with Crippen molar-refractivity contribution in [3.63, 3.8) is 0 Å². The average Bonchev–Trinajstić information content (AvgIpc) is 3.08. The number of benzene rings is 2. The highest BCUT2D eigenvalue weighted by atomic mass is 16.7. The number of nitrogens with one attached hydrogen (secondary N) is 2. The summed E-state index contributed by atoms with van der Waals surface area (Å²) in [4.78, 5) is 14.1. The summed E-state index contributed by atoms with van der Waals surface area (Å²) in [6.45, 7) is 10.3. The molecule has 0 bridgehead atoms. The smallest absolute Gasteiger partial charge is 0.315 e. The Morgan fingerprint density at radius 2 is 1.24 bits per heavy atom. The first-order chi connectivity index (χ1) is 22.6. The van der Waals surface area contributed by atoms with Crippen molar-refractivity contribution in [2.24, 2.45) is 0 Å². The lowest BCUT2D eigenvalue weighted by atomic mass is 9.99. The predicted octanol–water partition coefficient (Wildman–Crippen LogP) is 2.94. The minimum atomic E-state index is -0.571. The Labute approximate surface area is 272 Å². The van der Waals surface area contributed by atoms with Crippen LogP contribution in [0.3, 0.4) is 0 Å². The molecule has 2 fully saturated rings. The Hall–Kier alpha value is -2.65. The first-order valence-electron chi connectivity index (χ1n) is 16.4. The number of hydrogen-bond acceptors (Lipinski definition) is 10. The van der Waals surface area contributed by atoms with Crippen molar-refractivity contribution in [3.8, 4) is 0 Å². The van der Waals surface area contributed by atoms with Crippen LogP contribution in [0.15, 0.2) is 48.5 Å². The van der Waals surface area contributed by atoms with E-state index in [4.69, 9.17) is 33.2 Å². The highest BCUT2D eigenvalue weighted by Gasteiger charge is 2.33. The largest absolute Gasteiger partial charge is 0.392 e. The highest BCUT2D eigenvalue weighted by Crippen LogP contribution is 2.38. The van der Waals surface area contributed by atoms with Crippen LogP contribution in [0.2, 0.25) is 0 Å². The lowest BCUT2D eigenvalue weighted by molar-refractivity contribution is -0.253. The summed E-state index contributed by atoms with van der Waals surface area (Å²) >= 11 is 0. The van der Waals surface area contributed by atoms with Crippen molar-refractivity contribution >= 4 is 6.03 Å². The number of nitrogens with zero attached hydrogens (tertiary/aromatic N) is 1. The summed E-state index contributed by atoms with van der Waals surface area (Å²) in [7, 11) is 0. The SMILES string of the molecule is CCNC(=O)NCc1ccc(C2O[C@H](CN3CCOCCOCCOCCOCCOCC3)C[C@H](c3ccc(CO)cc3)O2)cc1. The van der Waals surface area contributed by atoms with Gasteiger partial charge in [0.05, 0.1) is 84.9 Å². The van der Waals surface area contributed by atoms with Crippen LogP contribution in [0.25, 0.3) is 0 Å². The molecule has 2 heterocycles. The maximum Gasteiger partial charge on any atom is 0.315 e. The highest BCUT2D eigenvalue weighted by molar-refractivity contribution is 5.73. The van der Waals surface area contributed by atoms with Gasteiger partial charge in [0.25, 0.3) is 0 Å². The summed E-state index contributed by atoms with van der Waals surface area (Å²) in [6, 6.07) is 15.6. The van der Waals surface area contributed by atoms with E-state index < -0.39 is 6.29 Å². The first kappa shape index (κ1) is 36.2. The zero-order valence-corrected chi connectivity index (χ0v) is 27.0. The number of ether oxygens (including phenoxy) is 7. The Balaban J connectivity index is 1.41. The summed E-state index contributed by atoms with van der Waals surface area (Å²) in [5.74, 6) is 0. The van der Waals surface area contributed by atoms with Crippen LogP contribution in [0, 0.1) is 0 Å². The molecular formula is C34H51N3O9. The van der Waals surface area contributed by atoms with Crippen LogP contribution in [0.5, 0.6) is 0 Å². The lowest BCUT2D eigenvalue weighted by Crippen LogP contribution is -2.42. The summed E-state index contributed by atoms with van der Waals surface area (Å²) in [6.07, 6.45) is -0.213. The predicted molar refractivity (Wildman–Crippen MR) is 171 cm³/mol. The van der Waals surface area contributed by atoms with Gasteiger partial charge in [-0.1, -0.05) is 48.5 Å². The summed E-state index contributed by atoms with van der Waals surface area (Å²) < 4.78 is 41.6. The molecule has 0 aromatic heterocycles. The molecule has 0 radical (unpaired) electrons. The number of aliphatic hydroxyl groups excluding tert-OH is 1. The summed E-state index contributed by atoms with van der Waals surface area (Å²) in [5, 5.41) is 15.1. The van der Waals surface area contributed by atoms with Gasteiger partial charge in [-0.15, -0.1) is 0 Å². The summed E-state index contributed by atoms with van der Waals surface area (Å²) in [5.41, 5.74) is 3.77. The van der Waals surface area contributed by atoms with Gasteiger partial charge in [0, 0.05) is 44.7 Å². The molecule has 1 unspecified atom stereocenters. The van der Waals surface area contributed by atoms with Crippen LogP contribution in [-0.2, 0) is 46.3 Å². The van der Waals surface area contributed by atoms with E-state index in [1.165, 1.54) is 0 Å². The van der Waals surface area contributed by atoms with Gasteiger partial charge in [0.1, 0.15) is 0 Å². The standard InChI is InChI=1S/C34H51N3O9/c1-2-35-34(39)36-24-27-3-9-30(10-4-27)33-45-31(23-32(46-33)29-7-5-28(26-38)6-8-29)25-37-11-13-40-15-17-42-19-21-44-22-20-43-18-16-41-14-12-37/h3-10,31-33,38H,2,11-26H2,1H3,(H2,35,36,39)/t31-,32+,33?/m0/s1. The molecule has 2 aliphatic heterocycles. The number of aliphatic hydroxyl groups is 1. The third-order valence-corrected chi connectivity index (χ3v) is 7.71. The van der Waals surface area contributed by atoms with Gasteiger partial charge in [0.15, 0.2) is 6.29 Å². The van der Waals surface area contributed by atoms with Crippen molar-refractivity contribution in [1.82, 2.24) is 15.5 Å². The number of rotatable bonds is 8. The molecule has 256 valence electrons. The zero-order valence-electron chi connectivity index (χ0n) is 27.0. The van der Waals surface area contributed by atoms with E-state index in [0.29, 0.717) is 92.1 Å². The third-order valence-electron chi connectivity index (χ3n) is 7.71. The van der Waals surface area contributed by atoms with E-state index in [-0.39, 0.29) is 24.8 Å². The lowest BCUT2D eigenvalue weighted by Gasteiger charge is -2.38. The molecular weight excluding hydrogens is 594 g/mol. The molecule has 2 aliphatic rings. The van der Waals surface area contributed by atoms with Gasteiger partial charge in [-0.3, -0.25) is 4.90 Å². The molecule has 3 N–H and O–H groups in total. The fraction of sp³-hybridized carbons (Fsp3) is 0.618. The van der Waals surface area contributed by atoms with Gasteiger partial charge in [-0.25, -0.2) is 4.79 Å². The van der Waals surface area contributed by atoms with Crippen molar-refractivity contribution in [2.75, 3.05) is 92.2 Å². The van der Waals surface area contributed by atoms with E-state index in [1.54, 1.807) is 0 Å². The molecule has 12 nitrogen and oxygen atoms in total. The monoisotopic (exact) mass is 645 g/mol. The van der Waals surface area contributed by atoms with Crippen molar-refractivity contribution < 1.29 is 43.1 Å². The van der Waals surface area contributed by atoms with Crippen molar-refractivity contribution in [2.45, 2.75) is 45.0 Å². The van der Waals surface area contributed by atoms with Crippen molar-refractivity contribution in [1.29, 1.82) is 0 Å². The van der Waals surface area contributed by atoms with Crippen LogP contribution < -0.4 is 10.6 Å². The van der Waals surface area contributed by atoms with Crippen LogP contribution in [-0.4, -0.2) is 114 Å². The topological polar surface area (TPSA) is 129 Å². The Morgan fingerprint density at radius 3 is 1.78 bits per heavy atom. The molecule has 2 aromatic carbocycles. The number of urea groups is 1. The van der Waals surface area contributed by atoms with Gasteiger partial charge in [-0.05, 0) is 23.6 Å². The molecule has 0 spiro atoms. The van der Waals surface area contributed by atoms with Crippen LogP contribution in [0.1, 0.15) is 48.0 Å².